The van der Waals surface area contributed by atoms with Crippen LogP contribution in [0, 0.1) is 0 Å². The maximum atomic E-state index is 11.3. The predicted octanol–water partition coefficient (Wildman–Crippen LogP) is 1.65. The molecule has 0 aliphatic rings. The maximum Gasteiger partial charge on any atom is 0.152 e. The highest BCUT2D eigenvalue weighted by molar-refractivity contribution is 5.87. The fourth-order valence-electron chi connectivity index (χ4n) is 0.716. The molecule has 0 amide bonds. The molecule has 0 saturated carbocycles. The summed E-state index contributed by atoms with van der Waals surface area (Å²) in [5, 5.41) is 0. The number of carbonyl (C=O) groups excluding carboxylic acids is 1. The normalized spacial score (nSPS) is 15.5. The van der Waals surface area contributed by atoms with E-state index in [1.807, 2.05) is 6.92 Å². The average Bonchev–Trinajstić information content (AvgIpc) is 2.00. The zero-order chi connectivity index (χ0) is 8.91. The van der Waals surface area contributed by atoms with Gasteiger partial charge in [-0.15, -0.1) is 6.58 Å². The molecule has 0 aliphatic heterocycles. The van der Waals surface area contributed by atoms with Gasteiger partial charge in [-0.25, -0.2) is 0 Å². The molecule has 0 aliphatic carbocycles. The number of allylic oxidation sites excluding steroid dienone is 1. The van der Waals surface area contributed by atoms with Crippen LogP contribution in [0.5, 0.6) is 0 Å². The molecule has 11 heavy (non-hydrogen) atoms. The molecule has 0 aromatic rings. The molecule has 0 rings (SSSR count). The van der Waals surface area contributed by atoms with E-state index < -0.39 is 5.54 Å². The van der Waals surface area contributed by atoms with Crippen molar-refractivity contribution in [3.05, 3.63) is 12.7 Å². The quantitative estimate of drug-likeness (QED) is 0.613. The third kappa shape index (κ3) is 3.33. The van der Waals surface area contributed by atoms with Gasteiger partial charge in [0.05, 0.1) is 5.54 Å². The van der Waals surface area contributed by atoms with Crippen LogP contribution in [-0.2, 0) is 4.79 Å². The standard InChI is InChI=1S/C9H17NO/c1-4-6-7-8(11)9(3,10)5-2/h4H,1,5-7,10H2,2-3H3. The minimum Gasteiger partial charge on any atom is -0.319 e. The highest BCUT2D eigenvalue weighted by Gasteiger charge is 2.24. The fourth-order valence-corrected chi connectivity index (χ4v) is 0.716. The first-order valence-corrected chi connectivity index (χ1v) is 3.97. The van der Waals surface area contributed by atoms with Crippen molar-refractivity contribution < 1.29 is 4.79 Å². The molecule has 0 aromatic carbocycles. The van der Waals surface area contributed by atoms with Gasteiger partial charge in [0.15, 0.2) is 5.78 Å². The van der Waals surface area contributed by atoms with Crippen LogP contribution < -0.4 is 5.73 Å². The molecule has 2 heteroatoms. The number of hydrogen-bond donors (Lipinski definition) is 1. The molecule has 2 nitrogen and oxygen atoms in total. The van der Waals surface area contributed by atoms with Crippen molar-refractivity contribution in [1.29, 1.82) is 0 Å². The Morgan fingerprint density at radius 2 is 2.27 bits per heavy atom. The van der Waals surface area contributed by atoms with Crippen LogP contribution in [0.25, 0.3) is 0 Å². The fraction of sp³-hybridized carbons (Fsp3) is 0.667. The van der Waals surface area contributed by atoms with E-state index in [4.69, 9.17) is 5.73 Å². The van der Waals surface area contributed by atoms with Crippen molar-refractivity contribution in [3.8, 4) is 0 Å². The topological polar surface area (TPSA) is 43.1 Å². The first-order chi connectivity index (χ1) is 5.04. The van der Waals surface area contributed by atoms with Gasteiger partial charge in [0.25, 0.3) is 0 Å². The minimum absolute atomic E-state index is 0.125. The van der Waals surface area contributed by atoms with Crippen molar-refractivity contribution in [2.45, 2.75) is 38.6 Å². The monoisotopic (exact) mass is 155 g/mol. The Kier molecular flexibility index (Phi) is 4.04. The van der Waals surface area contributed by atoms with E-state index in [1.165, 1.54) is 0 Å². The van der Waals surface area contributed by atoms with Crippen LogP contribution in [0.15, 0.2) is 12.7 Å². The molecule has 0 fully saturated rings. The van der Waals surface area contributed by atoms with Crippen molar-refractivity contribution in [3.63, 3.8) is 0 Å². The molecule has 1 atom stereocenters. The Morgan fingerprint density at radius 1 is 1.73 bits per heavy atom. The molecular formula is C9H17NO. The van der Waals surface area contributed by atoms with Crippen LogP contribution in [0.1, 0.15) is 33.1 Å². The lowest BCUT2D eigenvalue weighted by Gasteiger charge is -2.20. The van der Waals surface area contributed by atoms with Crippen molar-refractivity contribution in [2.75, 3.05) is 0 Å². The Balaban J connectivity index is 3.91. The van der Waals surface area contributed by atoms with Crippen molar-refractivity contribution in [1.82, 2.24) is 0 Å². The Morgan fingerprint density at radius 3 is 2.64 bits per heavy atom. The van der Waals surface area contributed by atoms with Crippen LogP contribution in [0.4, 0.5) is 0 Å². The predicted molar refractivity (Wildman–Crippen MR) is 47.3 cm³/mol. The van der Waals surface area contributed by atoms with E-state index in [-0.39, 0.29) is 5.78 Å². The summed E-state index contributed by atoms with van der Waals surface area (Å²) >= 11 is 0. The SMILES string of the molecule is C=CCCC(=O)C(C)(N)CC. The van der Waals surface area contributed by atoms with Crippen LogP contribution in [0.2, 0.25) is 0 Å². The highest BCUT2D eigenvalue weighted by Crippen LogP contribution is 2.10. The van der Waals surface area contributed by atoms with Gasteiger partial charge < -0.3 is 5.73 Å². The molecule has 0 heterocycles. The number of ketones is 1. The van der Waals surface area contributed by atoms with Crippen molar-refractivity contribution >= 4 is 5.78 Å². The second-order valence-electron chi connectivity index (χ2n) is 3.02. The van der Waals surface area contributed by atoms with E-state index in [2.05, 4.69) is 6.58 Å². The summed E-state index contributed by atoms with van der Waals surface area (Å²) in [4.78, 5) is 11.3. The van der Waals surface area contributed by atoms with E-state index >= 15 is 0 Å². The minimum atomic E-state index is -0.636. The molecule has 0 bridgehead atoms. The van der Waals surface area contributed by atoms with Crippen molar-refractivity contribution in [2.24, 2.45) is 5.73 Å². The molecule has 0 aromatic heterocycles. The Labute approximate surface area is 68.5 Å². The molecule has 0 saturated heterocycles. The molecule has 0 spiro atoms. The lowest BCUT2D eigenvalue weighted by atomic mass is 9.92. The summed E-state index contributed by atoms with van der Waals surface area (Å²) in [7, 11) is 0. The largest absolute Gasteiger partial charge is 0.319 e. The Hall–Kier alpha value is -0.630. The maximum absolute atomic E-state index is 11.3. The zero-order valence-electron chi connectivity index (χ0n) is 7.39. The lowest BCUT2D eigenvalue weighted by Crippen LogP contribution is -2.43. The highest BCUT2D eigenvalue weighted by atomic mass is 16.1. The van der Waals surface area contributed by atoms with Gasteiger partial charge >= 0.3 is 0 Å². The summed E-state index contributed by atoms with van der Waals surface area (Å²) < 4.78 is 0. The van der Waals surface area contributed by atoms with Gasteiger partial charge in [-0.2, -0.15) is 0 Å². The number of Topliss-reactive ketones (excluding diaryl/α,β-unsaturated/α-hetero) is 1. The second-order valence-corrected chi connectivity index (χ2v) is 3.02. The van der Waals surface area contributed by atoms with Gasteiger partial charge in [-0.1, -0.05) is 13.0 Å². The van der Waals surface area contributed by atoms with Gasteiger partial charge in [-0.05, 0) is 19.8 Å². The van der Waals surface area contributed by atoms with Crippen LogP contribution in [-0.4, -0.2) is 11.3 Å². The smallest absolute Gasteiger partial charge is 0.152 e. The van der Waals surface area contributed by atoms with E-state index in [1.54, 1.807) is 13.0 Å². The van der Waals surface area contributed by atoms with E-state index in [9.17, 15) is 4.79 Å². The first-order valence-electron chi connectivity index (χ1n) is 3.97. The average molecular weight is 155 g/mol. The third-order valence-electron chi connectivity index (χ3n) is 1.95. The summed E-state index contributed by atoms with van der Waals surface area (Å²) in [6, 6.07) is 0. The molecular weight excluding hydrogens is 138 g/mol. The molecule has 64 valence electrons. The lowest BCUT2D eigenvalue weighted by molar-refractivity contribution is -0.123. The summed E-state index contributed by atoms with van der Waals surface area (Å²) in [6.07, 6.45) is 3.68. The van der Waals surface area contributed by atoms with Gasteiger partial charge in [0.1, 0.15) is 0 Å². The molecule has 0 radical (unpaired) electrons. The zero-order valence-corrected chi connectivity index (χ0v) is 7.39. The first kappa shape index (κ1) is 10.4. The number of hydrogen-bond acceptors (Lipinski definition) is 2. The van der Waals surface area contributed by atoms with Crippen LogP contribution in [0.3, 0.4) is 0 Å². The molecule has 1 unspecified atom stereocenters. The Bertz CT molecular complexity index is 150. The van der Waals surface area contributed by atoms with Gasteiger partial charge in [0.2, 0.25) is 0 Å². The third-order valence-corrected chi connectivity index (χ3v) is 1.95. The molecule has 2 N–H and O–H groups in total. The summed E-state index contributed by atoms with van der Waals surface area (Å²) in [5.74, 6) is 0.125. The van der Waals surface area contributed by atoms with E-state index in [0.29, 0.717) is 12.8 Å². The van der Waals surface area contributed by atoms with Gasteiger partial charge in [0, 0.05) is 6.42 Å². The van der Waals surface area contributed by atoms with E-state index in [0.717, 1.165) is 6.42 Å². The number of nitrogens with two attached hydrogens (primary N) is 1. The number of carbonyl (C=O) groups is 1. The second kappa shape index (κ2) is 4.29. The van der Waals surface area contributed by atoms with Gasteiger partial charge in [-0.3, -0.25) is 4.79 Å². The summed E-state index contributed by atoms with van der Waals surface area (Å²) in [5.41, 5.74) is 5.08. The number of rotatable bonds is 5. The van der Waals surface area contributed by atoms with Crippen LogP contribution >= 0.6 is 0 Å². The summed E-state index contributed by atoms with van der Waals surface area (Å²) in [6.45, 7) is 7.25.